The molecule has 2 aliphatic rings. The molecule has 0 radical (unpaired) electrons. The lowest BCUT2D eigenvalue weighted by Crippen LogP contribution is -2.50. The zero-order valence-electron chi connectivity index (χ0n) is 9.23. The zero-order valence-corrected chi connectivity index (χ0v) is 10.0. The summed E-state index contributed by atoms with van der Waals surface area (Å²) in [6.07, 6.45) is 2.73. The molecule has 0 N–H and O–H groups in total. The van der Waals surface area contributed by atoms with Gasteiger partial charge in [-0.1, -0.05) is 0 Å². The largest absolute Gasteiger partial charge is 0.355 e. The third-order valence-electron chi connectivity index (χ3n) is 3.63. The van der Waals surface area contributed by atoms with E-state index in [0.29, 0.717) is 6.04 Å². The third-order valence-corrected chi connectivity index (χ3v) is 5.14. The molecule has 0 amide bonds. The highest BCUT2D eigenvalue weighted by atomic mass is 32.2. The van der Waals surface area contributed by atoms with E-state index in [9.17, 15) is 4.21 Å². The molecule has 2 heterocycles. The molecule has 3 nitrogen and oxygen atoms in total. The molecule has 0 aliphatic carbocycles. The normalized spacial score (nSPS) is 47.1. The minimum absolute atomic E-state index is 0.0550. The summed E-state index contributed by atoms with van der Waals surface area (Å²) in [5.74, 6) is 0.744. The minimum atomic E-state index is -0.759. The molecule has 0 aromatic rings. The highest BCUT2D eigenvalue weighted by Crippen LogP contribution is 2.30. The second kappa shape index (κ2) is 3.58. The van der Waals surface area contributed by atoms with Crippen molar-refractivity contribution in [1.29, 1.82) is 0 Å². The molecule has 2 aliphatic heterocycles. The molecule has 0 aromatic heterocycles. The predicted molar refractivity (Wildman–Crippen MR) is 57.3 cm³/mol. The van der Waals surface area contributed by atoms with Crippen LogP contribution in [-0.4, -0.2) is 52.7 Å². The van der Waals surface area contributed by atoms with Gasteiger partial charge in [-0.05, 0) is 6.92 Å². The highest BCUT2D eigenvalue weighted by molar-refractivity contribution is 7.85. The number of nitrogens with zero attached hydrogens (tertiary/aromatic N) is 1. The number of hydrogen-bond donors (Lipinski definition) is 0. The molecular weight excluding hydrogens is 198 g/mol. The van der Waals surface area contributed by atoms with Gasteiger partial charge in [0.15, 0.2) is 0 Å². The van der Waals surface area contributed by atoms with E-state index in [4.69, 9.17) is 4.74 Å². The quantitative estimate of drug-likeness (QED) is 0.606. The number of likely N-dealkylation sites (tertiary alicyclic amines) is 1. The summed E-state index contributed by atoms with van der Waals surface area (Å²) < 4.78 is 18.3. The van der Waals surface area contributed by atoms with E-state index in [1.165, 1.54) is 19.4 Å². The first kappa shape index (κ1) is 10.6. The van der Waals surface area contributed by atoms with E-state index in [1.807, 2.05) is 6.92 Å². The van der Waals surface area contributed by atoms with Gasteiger partial charge in [-0.15, -0.1) is 0 Å². The summed E-state index contributed by atoms with van der Waals surface area (Å²) in [5.41, 5.74) is -0.0550. The standard InChI is InChI=1S/C10H20NO2S/c1-8-13-10(7-14(8)12)9-5-4-6-11(9,2)3/h8-10H,4-7H2,1-3H3/q+1/t8-,9+,10+,14-/m0/s1. The van der Waals surface area contributed by atoms with E-state index < -0.39 is 10.8 Å². The first-order valence-corrected chi connectivity index (χ1v) is 6.74. The van der Waals surface area contributed by atoms with Crippen molar-refractivity contribution in [3.8, 4) is 0 Å². The average molecular weight is 218 g/mol. The van der Waals surface area contributed by atoms with Crippen molar-refractivity contribution in [2.24, 2.45) is 0 Å². The van der Waals surface area contributed by atoms with Gasteiger partial charge >= 0.3 is 0 Å². The van der Waals surface area contributed by atoms with Gasteiger partial charge in [0.25, 0.3) is 0 Å². The number of quaternary nitrogens is 1. The lowest BCUT2D eigenvalue weighted by molar-refractivity contribution is -0.905. The number of hydrogen-bond acceptors (Lipinski definition) is 2. The van der Waals surface area contributed by atoms with Crippen molar-refractivity contribution in [1.82, 2.24) is 0 Å². The summed E-state index contributed by atoms with van der Waals surface area (Å²) in [7, 11) is 3.75. The Bertz CT molecular complexity index is 255. The summed E-state index contributed by atoms with van der Waals surface area (Å²) >= 11 is 0. The van der Waals surface area contributed by atoms with Crippen molar-refractivity contribution in [3.05, 3.63) is 0 Å². The van der Waals surface area contributed by atoms with Crippen molar-refractivity contribution in [3.63, 3.8) is 0 Å². The van der Waals surface area contributed by atoms with Crippen LogP contribution in [0.1, 0.15) is 19.8 Å². The van der Waals surface area contributed by atoms with Crippen molar-refractivity contribution in [2.75, 3.05) is 26.4 Å². The Kier molecular flexibility index (Phi) is 2.70. The van der Waals surface area contributed by atoms with Crippen LogP contribution in [0.4, 0.5) is 0 Å². The van der Waals surface area contributed by atoms with E-state index in [1.54, 1.807) is 0 Å². The number of likely N-dealkylation sites (N-methyl/N-ethyl adjacent to an activating group) is 1. The van der Waals surface area contributed by atoms with Gasteiger partial charge in [-0.25, -0.2) is 0 Å². The number of ether oxygens (including phenoxy) is 1. The summed E-state index contributed by atoms with van der Waals surface area (Å²) in [4.78, 5) is 0. The smallest absolute Gasteiger partial charge is 0.130 e. The molecule has 2 rings (SSSR count). The Morgan fingerprint density at radius 1 is 1.43 bits per heavy atom. The Morgan fingerprint density at radius 2 is 2.14 bits per heavy atom. The van der Waals surface area contributed by atoms with Crippen molar-refractivity contribution >= 4 is 10.8 Å². The SMILES string of the molecule is C[C@H]1O[C@@H]([C@H]2CCC[N+]2(C)C)C[S@@]1=O. The summed E-state index contributed by atoms with van der Waals surface area (Å²) in [6.45, 7) is 3.15. The molecule has 2 saturated heterocycles. The van der Waals surface area contributed by atoms with Crippen LogP contribution in [0.15, 0.2) is 0 Å². The predicted octanol–water partition coefficient (Wildman–Crippen LogP) is 0.719. The summed E-state index contributed by atoms with van der Waals surface area (Å²) in [6, 6.07) is 0.559. The molecule has 0 unspecified atom stereocenters. The van der Waals surface area contributed by atoms with Gasteiger partial charge in [-0.2, -0.15) is 0 Å². The van der Waals surface area contributed by atoms with Crippen LogP contribution >= 0.6 is 0 Å². The van der Waals surface area contributed by atoms with Crippen LogP contribution in [0.2, 0.25) is 0 Å². The van der Waals surface area contributed by atoms with Gasteiger partial charge in [0.2, 0.25) is 0 Å². The molecule has 14 heavy (non-hydrogen) atoms. The Labute approximate surface area is 88.5 Å². The molecule has 4 atom stereocenters. The highest BCUT2D eigenvalue weighted by Gasteiger charge is 2.45. The fourth-order valence-corrected chi connectivity index (χ4v) is 3.87. The average Bonchev–Trinajstić information content (AvgIpc) is 2.56. The van der Waals surface area contributed by atoms with Crippen LogP contribution in [0, 0.1) is 0 Å². The van der Waals surface area contributed by atoms with Crippen LogP contribution in [0.3, 0.4) is 0 Å². The summed E-state index contributed by atoms with van der Waals surface area (Å²) in [5, 5.41) is 0. The molecule has 2 fully saturated rings. The second-order valence-electron chi connectivity index (χ2n) is 5.00. The van der Waals surface area contributed by atoms with Gasteiger partial charge in [-0.3, -0.25) is 4.21 Å². The van der Waals surface area contributed by atoms with Crippen LogP contribution in [-0.2, 0) is 15.5 Å². The molecular formula is C10H20NO2S+. The Balaban J connectivity index is 2.06. The van der Waals surface area contributed by atoms with E-state index in [-0.39, 0.29) is 11.5 Å². The maximum Gasteiger partial charge on any atom is 0.130 e. The number of rotatable bonds is 1. The van der Waals surface area contributed by atoms with Gasteiger partial charge in [0.1, 0.15) is 17.6 Å². The Hall–Kier alpha value is 0.0700. The molecule has 82 valence electrons. The maximum absolute atomic E-state index is 11.5. The van der Waals surface area contributed by atoms with Crippen molar-refractivity contribution < 1.29 is 13.4 Å². The maximum atomic E-state index is 11.5. The first-order chi connectivity index (χ1) is 6.50. The molecule has 0 aromatic carbocycles. The van der Waals surface area contributed by atoms with Crippen molar-refractivity contribution in [2.45, 2.75) is 37.3 Å². The topological polar surface area (TPSA) is 26.3 Å². The van der Waals surface area contributed by atoms with Crippen LogP contribution < -0.4 is 0 Å². The molecule has 0 bridgehead atoms. The first-order valence-electron chi connectivity index (χ1n) is 5.36. The third kappa shape index (κ3) is 1.75. The fourth-order valence-electron chi connectivity index (χ4n) is 2.71. The van der Waals surface area contributed by atoms with Crippen LogP contribution in [0.25, 0.3) is 0 Å². The van der Waals surface area contributed by atoms with Crippen LogP contribution in [0.5, 0.6) is 0 Å². The minimum Gasteiger partial charge on any atom is -0.355 e. The van der Waals surface area contributed by atoms with Gasteiger partial charge in [0, 0.05) is 12.8 Å². The lowest BCUT2D eigenvalue weighted by atomic mass is 10.1. The Morgan fingerprint density at radius 3 is 2.57 bits per heavy atom. The molecule has 4 heteroatoms. The van der Waals surface area contributed by atoms with E-state index in [2.05, 4.69) is 14.1 Å². The van der Waals surface area contributed by atoms with Gasteiger partial charge in [0.05, 0.1) is 37.2 Å². The monoisotopic (exact) mass is 218 g/mol. The lowest BCUT2D eigenvalue weighted by Gasteiger charge is -2.34. The second-order valence-corrected chi connectivity index (χ2v) is 6.76. The zero-order chi connectivity index (χ0) is 10.3. The van der Waals surface area contributed by atoms with E-state index in [0.717, 1.165) is 10.2 Å². The van der Waals surface area contributed by atoms with E-state index >= 15 is 0 Å². The van der Waals surface area contributed by atoms with Gasteiger partial charge < -0.3 is 9.22 Å². The molecule has 0 spiro atoms. The fraction of sp³-hybridized carbons (Fsp3) is 1.00. The molecule has 0 saturated carbocycles.